The number of aryl methyl sites for hydroxylation is 1. The van der Waals surface area contributed by atoms with Crippen LogP contribution in [0.2, 0.25) is 0 Å². The van der Waals surface area contributed by atoms with Crippen molar-refractivity contribution in [3.8, 4) is 39.1 Å². The Bertz CT molecular complexity index is 2710. The summed E-state index contributed by atoms with van der Waals surface area (Å²) in [5.41, 5.74) is 15.4. The number of para-hydroxylation sites is 1. The third kappa shape index (κ3) is 5.79. The Kier molecular flexibility index (Phi) is 8.25. The highest BCUT2D eigenvalue weighted by Crippen LogP contribution is 2.38. The summed E-state index contributed by atoms with van der Waals surface area (Å²) in [7, 11) is 0. The van der Waals surface area contributed by atoms with Crippen molar-refractivity contribution in [3.63, 3.8) is 0 Å². The van der Waals surface area contributed by atoms with Crippen LogP contribution in [0.5, 0.6) is 0 Å². The van der Waals surface area contributed by atoms with E-state index in [1.165, 1.54) is 88.3 Å². The monoisotopic (exact) mass is 667 g/mol. The third-order valence-corrected chi connectivity index (χ3v) is 11.0. The van der Waals surface area contributed by atoms with Gasteiger partial charge in [0.15, 0.2) is 0 Å². The maximum atomic E-state index is 2.41. The average molecular weight is 668 g/mol. The Morgan fingerprint density at radius 1 is 0.462 bits per heavy atom. The zero-order valence-corrected chi connectivity index (χ0v) is 29.8. The highest BCUT2D eigenvalue weighted by atomic mass is 15.0. The molecule has 1 heterocycles. The van der Waals surface area contributed by atoms with E-state index in [0.717, 1.165) is 12.8 Å². The minimum atomic E-state index is 0.427. The van der Waals surface area contributed by atoms with E-state index in [4.69, 9.17) is 0 Å². The summed E-state index contributed by atoms with van der Waals surface area (Å²) in [4.78, 5) is 0. The van der Waals surface area contributed by atoms with Gasteiger partial charge in [-0.25, -0.2) is 0 Å². The molecule has 0 amide bonds. The molecule has 8 aromatic carbocycles. The topological polar surface area (TPSA) is 4.93 Å². The van der Waals surface area contributed by atoms with E-state index in [-0.39, 0.29) is 0 Å². The fourth-order valence-corrected chi connectivity index (χ4v) is 8.17. The molecule has 9 aromatic rings. The van der Waals surface area contributed by atoms with Gasteiger partial charge in [-0.3, -0.25) is 0 Å². The molecule has 1 unspecified atom stereocenters. The number of nitrogens with zero attached hydrogens (tertiary/aromatic N) is 1. The molecule has 1 heteroatoms. The fraction of sp³-hybridized carbons (Fsp3) is 0.0980. The van der Waals surface area contributed by atoms with Gasteiger partial charge < -0.3 is 4.57 Å². The van der Waals surface area contributed by atoms with Gasteiger partial charge in [0.1, 0.15) is 0 Å². The summed E-state index contributed by atoms with van der Waals surface area (Å²) < 4.78 is 2.41. The molecule has 0 aliphatic rings. The van der Waals surface area contributed by atoms with Crippen molar-refractivity contribution in [2.45, 2.75) is 32.6 Å². The number of rotatable bonds is 8. The van der Waals surface area contributed by atoms with E-state index in [1.807, 2.05) is 0 Å². The van der Waals surface area contributed by atoms with Gasteiger partial charge in [-0.1, -0.05) is 153 Å². The first-order chi connectivity index (χ1) is 25.6. The van der Waals surface area contributed by atoms with Gasteiger partial charge in [0.05, 0.1) is 11.0 Å². The van der Waals surface area contributed by atoms with E-state index in [0.29, 0.717) is 5.92 Å². The second-order valence-electron chi connectivity index (χ2n) is 14.1. The first-order valence-electron chi connectivity index (χ1n) is 18.5. The summed E-state index contributed by atoms with van der Waals surface area (Å²) in [5.74, 6) is 0.427. The largest absolute Gasteiger partial charge is 0.309 e. The summed E-state index contributed by atoms with van der Waals surface area (Å²) in [6.45, 7) is 4.57. The summed E-state index contributed by atoms with van der Waals surface area (Å²) in [5, 5.41) is 5.05. The number of benzene rings is 8. The van der Waals surface area contributed by atoms with Gasteiger partial charge in [-0.05, 0) is 123 Å². The van der Waals surface area contributed by atoms with Gasteiger partial charge in [0.2, 0.25) is 0 Å². The SMILES string of the molecule is CCC(Cc1ccccc1-c1cc(-c2ccc3c(c2)c2ccccc2n3-c2ccc3ccccc3c2)ccc1C)c1cccc(-c2ccccc2)c1. The molecule has 9 rings (SSSR count). The predicted molar refractivity (Wildman–Crippen MR) is 223 cm³/mol. The van der Waals surface area contributed by atoms with Crippen molar-refractivity contribution in [2.75, 3.05) is 0 Å². The molecule has 1 nitrogen and oxygen atoms in total. The molecule has 0 bridgehead atoms. The molecule has 1 aromatic heterocycles. The third-order valence-electron chi connectivity index (χ3n) is 11.0. The van der Waals surface area contributed by atoms with E-state index < -0.39 is 0 Å². The van der Waals surface area contributed by atoms with Crippen molar-refractivity contribution in [1.82, 2.24) is 4.57 Å². The molecule has 0 saturated carbocycles. The van der Waals surface area contributed by atoms with Crippen LogP contribution in [0.3, 0.4) is 0 Å². The molecule has 0 N–H and O–H groups in total. The number of fused-ring (bicyclic) bond motifs is 4. The van der Waals surface area contributed by atoms with Crippen molar-refractivity contribution < 1.29 is 0 Å². The van der Waals surface area contributed by atoms with Crippen LogP contribution in [0.15, 0.2) is 182 Å². The lowest BCUT2D eigenvalue weighted by molar-refractivity contribution is 0.661. The molecular formula is C51H41N. The number of hydrogen-bond donors (Lipinski definition) is 0. The average Bonchev–Trinajstić information content (AvgIpc) is 3.54. The van der Waals surface area contributed by atoms with E-state index in [1.54, 1.807) is 0 Å². The maximum Gasteiger partial charge on any atom is 0.0541 e. The highest BCUT2D eigenvalue weighted by Gasteiger charge is 2.17. The highest BCUT2D eigenvalue weighted by molar-refractivity contribution is 6.10. The summed E-state index contributed by atoms with van der Waals surface area (Å²) in [6, 6.07) is 67.1. The van der Waals surface area contributed by atoms with Crippen LogP contribution < -0.4 is 0 Å². The quantitative estimate of drug-likeness (QED) is 0.152. The van der Waals surface area contributed by atoms with Crippen LogP contribution in [-0.2, 0) is 6.42 Å². The Balaban J connectivity index is 1.09. The van der Waals surface area contributed by atoms with Crippen LogP contribution in [0.4, 0.5) is 0 Å². The van der Waals surface area contributed by atoms with Crippen LogP contribution in [0, 0.1) is 6.92 Å². The molecule has 0 saturated heterocycles. The second-order valence-corrected chi connectivity index (χ2v) is 14.1. The van der Waals surface area contributed by atoms with E-state index >= 15 is 0 Å². The van der Waals surface area contributed by atoms with Gasteiger partial charge in [-0.2, -0.15) is 0 Å². The van der Waals surface area contributed by atoms with Crippen LogP contribution >= 0.6 is 0 Å². The van der Waals surface area contributed by atoms with E-state index in [9.17, 15) is 0 Å². The standard InChI is InChI=1S/C51H41N/c1-3-36(39-19-13-20-40(31-39)37-14-5-4-6-15-37)30-44-18-9-10-21-46(44)48-33-42(25-24-35(48)2)43-27-29-51-49(34-43)47-22-11-12-23-50(47)52(51)45-28-26-38-16-7-8-17-41(38)32-45/h4-29,31-34,36H,3,30H2,1-2H3. The zero-order valence-electron chi connectivity index (χ0n) is 29.8. The molecule has 0 spiro atoms. The first-order valence-corrected chi connectivity index (χ1v) is 18.5. The van der Waals surface area contributed by atoms with Crippen LogP contribution in [-0.4, -0.2) is 4.57 Å². The van der Waals surface area contributed by atoms with Gasteiger partial charge >= 0.3 is 0 Å². The Morgan fingerprint density at radius 3 is 2.04 bits per heavy atom. The normalized spacial score (nSPS) is 12.1. The lowest BCUT2D eigenvalue weighted by Gasteiger charge is -2.20. The van der Waals surface area contributed by atoms with E-state index in [2.05, 4.69) is 200 Å². The Morgan fingerprint density at radius 2 is 1.15 bits per heavy atom. The molecular weight excluding hydrogens is 627 g/mol. The molecule has 1 atom stereocenters. The van der Waals surface area contributed by atoms with Gasteiger partial charge in [0.25, 0.3) is 0 Å². The van der Waals surface area contributed by atoms with Crippen LogP contribution in [0.25, 0.3) is 71.6 Å². The van der Waals surface area contributed by atoms with Crippen molar-refractivity contribution in [1.29, 1.82) is 0 Å². The number of hydrogen-bond acceptors (Lipinski definition) is 0. The Hall–Kier alpha value is -6.18. The first kappa shape index (κ1) is 31.8. The zero-order chi connectivity index (χ0) is 35.0. The Labute approximate surface area is 306 Å². The lowest BCUT2D eigenvalue weighted by Crippen LogP contribution is -2.04. The minimum absolute atomic E-state index is 0.427. The molecule has 0 fully saturated rings. The molecule has 0 aliphatic heterocycles. The molecule has 0 radical (unpaired) electrons. The second kappa shape index (κ2) is 13.5. The van der Waals surface area contributed by atoms with Crippen LogP contribution in [0.1, 0.15) is 36.0 Å². The van der Waals surface area contributed by atoms with Crippen molar-refractivity contribution in [3.05, 3.63) is 199 Å². The fourth-order valence-electron chi connectivity index (χ4n) is 8.17. The summed E-state index contributed by atoms with van der Waals surface area (Å²) in [6.07, 6.45) is 2.08. The molecule has 52 heavy (non-hydrogen) atoms. The van der Waals surface area contributed by atoms with Gasteiger partial charge in [0, 0.05) is 16.5 Å². The lowest BCUT2D eigenvalue weighted by atomic mass is 9.84. The summed E-state index contributed by atoms with van der Waals surface area (Å²) >= 11 is 0. The molecule has 0 aliphatic carbocycles. The molecule has 250 valence electrons. The maximum absolute atomic E-state index is 2.41. The number of aromatic nitrogens is 1. The smallest absolute Gasteiger partial charge is 0.0541 e. The van der Waals surface area contributed by atoms with Gasteiger partial charge in [-0.15, -0.1) is 0 Å². The van der Waals surface area contributed by atoms with Crippen molar-refractivity contribution in [2.24, 2.45) is 0 Å². The van der Waals surface area contributed by atoms with Crippen molar-refractivity contribution >= 4 is 32.6 Å². The minimum Gasteiger partial charge on any atom is -0.309 e. The predicted octanol–water partition coefficient (Wildman–Crippen LogP) is 14.0.